The Labute approximate surface area is 93.4 Å². The van der Waals surface area contributed by atoms with Gasteiger partial charge >= 0.3 is 0 Å². The highest BCUT2D eigenvalue weighted by atomic mass is 32.2. The van der Waals surface area contributed by atoms with Crippen LogP contribution >= 0.6 is 11.8 Å². The normalized spacial score (nSPS) is 12.5. The number of aryl methyl sites for hydroxylation is 2. The second kappa shape index (κ2) is 5.14. The van der Waals surface area contributed by atoms with Crippen molar-refractivity contribution in [1.82, 2.24) is 4.98 Å². The molecule has 0 saturated carbocycles. The summed E-state index contributed by atoms with van der Waals surface area (Å²) < 4.78 is 0. The van der Waals surface area contributed by atoms with Crippen LogP contribution in [0.1, 0.15) is 11.3 Å². The molecule has 1 aromatic heterocycles. The molecule has 0 saturated heterocycles. The van der Waals surface area contributed by atoms with Crippen molar-refractivity contribution >= 4 is 17.7 Å². The number of hydrogen-bond acceptors (Lipinski definition) is 4. The van der Waals surface area contributed by atoms with E-state index in [0.29, 0.717) is 5.75 Å². The van der Waals surface area contributed by atoms with E-state index in [9.17, 15) is 4.79 Å². The molecule has 5 heteroatoms. The van der Waals surface area contributed by atoms with E-state index >= 15 is 0 Å². The fourth-order valence-corrected chi connectivity index (χ4v) is 2.13. The molecule has 0 radical (unpaired) electrons. The Bertz CT molecular complexity index is 347. The van der Waals surface area contributed by atoms with Gasteiger partial charge < -0.3 is 11.5 Å². The van der Waals surface area contributed by atoms with Crippen molar-refractivity contribution in [2.45, 2.75) is 24.9 Å². The van der Waals surface area contributed by atoms with Crippen LogP contribution in [0.2, 0.25) is 0 Å². The first kappa shape index (κ1) is 12.0. The first-order chi connectivity index (χ1) is 6.99. The molecule has 0 fully saturated rings. The van der Waals surface area contributed by atoms with Crippen molar-refractivity contribution in [3.8, 4) is 0 Å². The van der Waals surface area contributed by atoms with Crippen LogP contribution in [0.3, 0.4) is 0 Å². The highest BCUT2D eigenvalue weighted by Gasteiger charge is 2.10. The standard InChI is InChI=1S/C10H15N3OS/c1-6-3-7(2)13-9(4-6)15-5-8(11)10(12)14/h3-4,8H,5,11H2,1-2H3,(H2,12,14). The lowest BCUT2D eigenvalue weighted by atomic mass is 10.3. The van der Waals surface area contributed by atoms with E-state index in [4.69, 9.17) is 11.5 Å². The minimum atomic E-state index is -0.613. The Kier molecular flexibility index (Phi) is 4.11. The van der Waals surface area contributed by atoms with Crippen LogP contribution in [-0.2, 0) is 4.79 Å². The van der Waals surface area contributed by atoms with Gasteiger partial charge in [0.2, 0.25) is 5.91 Å². The number of carbonyl (C=O) groups excluding carboxylic acids is 1. The summed E-state index contributed by atoms with van der Waals surface area (Å²) in [5.74, 6) is -0.0162. The van der Waals surface area contributed by atoms with Gasteiger partial charge in [-0.3, -0.25) is 4.79 Å². The van der Waals surface area contributed by atoms with E-state index in [-0.39, 0.29) is 0 Å². The number of thioether (sulfide) groups is 1. The summed E-state index contributed by atoms with van der Waals surface area (Å²) >= 11 is 1.45. The fourth-order valence-electron chi connectivity index (χ4n) is 1.14. The highest BCUT2D eigenvalue weighted by Crippen LogP contribution is 2.17. The number of hydrogen-bond donors (Lipinski definition) is 2. The molecule has 1 rings (SSSR count). The van der Waals surface area contributed by atoms with Gasteiger partial charge in [0.15, 0.2) is 0 Å². The Morgan fingerprint density at radius 2 is 2.20 bits per heavy atom. The molecule has 0 aromatic carbocycles. The zero-order valence-electron chi connectivity index (χ0n) is 8.86. The average molecular weight is 225 g/mol. The van der Waals surface area contributed by atoms with Crippen LogP contribution in [0.5, 0.6) is 0 Å². The molecule has 0 aliphatic heterocycles. The summed E-state index contributed by atoms with van der Waals surface area (Å²) in [6.07, 6.45) is 0. The number of rotatable bonds is 4. The van der Waals surface area contributed by atoms with Gasteiger partial charge in [-0.25, -0.2) is 4.98 Å². The molecule has 1 unspecified atom stereocenters. The van der Waals surface area contributed by atoms with Gasteiger partial charge in [0.05, 0.1) is 11.1 Å². The number of primary amides is 1. The number of nitrogens with two attached hydrogens (primary N) is 2. The molecular formula is C10H15N3OS. The number of pyridine rings is 1. The van der Waals surface area contributed by atoms with Crippen molar-refractivity contribution in [3.63, 3.8) is 0 Å². The summed E-state index contributed by atoms with van der Waals surface area (Å²) in [5.41, 5.74) is 12.7. The minimum Gasteiger partial charge on any atom is -0.368 e. The Balaban J connectivity index is 2.61. The smallest absolute Gasteiger partial charge is 0.235 e. The van der Waals surface area contributed by atoms with Gasteiger partial charge in [0.25, 0.3) is 0 Å². The molecule has 0 aliphatic carbocycles. The van der Waals surface area contributed by atoms with Crippen LogP contribution in [0.25, 0.3) is 0 Å². The lowest BCUT2D eigenvalue weighted by Crippen LogP contribution is -2.38. The number of carbonyl (C=O) groups is 1. The molecule has 1 atom stereocenters. The predicted octanol–water partition coefficient (Wildman–Crippen LogP) is 0.603. The lowest BCUT2D eigenvalue weighted by molar-refractivity contribution is -0.118. The maximum atomic E-state index is 10.7. The van der Waals surface area contributed by atoms with E-state index in [1.165, 1.54) is 11.8 Å². The third-order valence-electron chi connectivity index (χ3n) is 1.85. The first-order valence-electron chi connectivity index (χ1n) is 4.62. The van der Waals surface area contributed by atoms with Gasteiger partial charge in [-0.1, -0.05) is 0 Å². The van der Waals surface area contributed by atoms with E-state index < -0.39 is 11.9 Å². The molecule has 1 aromatic rings. The van der Waals surface area contributed by atoms with Crippen LogP contribution in [0.4, 0.5) is 0 Å². The van der Waals surface area contributed by atoms with Gasteiger partial charge in [0, 0.05) is 11.4 Å². The molecule has 0 bridgehead atoms. The van der Waals surface area contributed by atoms with Crippen LogP contribution in [0.15, 0.2) is 17.2 Å². The molecule has 15 heavy (non-hydrogen) atoms. The minimum absolute atomic E-state index is 0.464. The van der Waals surface area contributed by atoms with E-state index in [2.05, 4.69) is 4.98 Å². The maximum absolute atomic E-state index is 10.7. The predicted molar refractivity (Wildman–Crippen MR) is 61.6 cm³/mol. The second-order valence-electron chi connectivity index (χ2n) is 3.44. The first-order valence-corrected chi connectivity index (χ1v) is 5.60. The molecule has 0 aliphatic rings. The third-order valence-corrected chi connectivity index (χ3v) is 2.88. The summed E-state index contributed by atoms with van der Waals surface area (Å²) in [6, 6.07) is 3.35. The Morgan fingerprint density at radius 3 is 2.73 bits per heavy atom. The van der Waals surface area contributed by atoms with Crippen LogP contribution in [-0.4, -0.2) is 22.7 Å². The van der Waals surface area contributed by atoms with Crippen molar-refractivity contribution in [3.05, 3.63) is 23.4 Å². The Hall–Kier alpha value is -1.07. The summed E-state index contributed by atoms with van der Waals surface area (Å²) in [4.78, 5) is 15.0. The molecule has 4 nitrogen and oxygen atoms in total. The summed E-state index contributed by atoms with van der Waals surface area (Å²) in [7, 11) is 0. The molecule has 0 spiro atoms. The molecule has 1 amide bonds. The zero-order valence-corrected chi connectivity index (χ0v) is 9.67. The monoisotopic (exact) mass is 225 g/mol. The quantitative estimate of drug-likeness (QED) is 0.735. The lowest BCUT2D eigenvalue weighted by Gasteiger charge is -2.07. The number of amides is 1. The second-order valence-corrected chi connectivity index (χ2v) is 4.48. The van der Waals surface area contributed by atoms with Gasteiger partial charge in [-0.2, -0.15) is 0 Å². The fraction of sp³-hybridized carbons (Fsp3) is 0.400. The SMILES string of the molecule is Cc1cc(C)nc(SCC(N)C(N)=O)c1. The van der Waals surface area contributed by atoms with E-state index in [0.717, 1.165) is 16.3 Å². The van der Waals surface area contributed by atoms with E-state index in [1.54, 1.807) is 0 Å². The zero-order chi connectivity index (χ0) is 11.4. The summed E-state index contributed by atoms with van der Waals surface area (Å²) in [5, 5.41) is 0.879. The van der Waals surface area contributed by atoms with Crippen molar-refractivity contribution in [2.75, 3.05) is 5.75 Å². The topological polar surface area (TPSA) is 82.0 Å². The maximum Gasteiger partial charge on any atom is 0.235 e. The number of nitrogens with zero attached hydrogens (tertiary/aromatic N) is 1. The van der Waals surface area contributed by atoms with E-state index in [1.807, 2.05) is 26.0 Å². The van der Waals surface area contributed by atoms with Crippen molar-refractivity contribution < 1.29 is 4.79 Å². The Morgan fingerprint density at radius 1 is 1.53 bits per heavy atom. The summed E-state index contributed by atoms with van der Waals surface area (Å²) in [6.45, 7) is 3.94. The highest BCUT2D eigenvalue weighted by molar-refractivity contribution is 7.99. The van der Waals surface area contributed by atoms with Gasteiger partial charge in [-0.15, -0.1) is 11.8 Å². The van der Waals surface area contributed by atoms with Crippen LogP contribution in [0, 0.1) is 13.8 Å². The molecule has 4 N–H and O–H groups in total. The van der Waals surface area contributed by atoms with Gasteiger partial charge in [-0.05, 0) is 31.5 Å². The van der Waals surface area contributed by atoms with Crippen LogP contribution < -0.4 is 11.5 Å². The van der Waals surface area contributed by atoms with Crippen molar-refractivity contribution in [1.29, 1.82) is 0 Å². The molecule has 82 valence electrons. The molecule has 1 heterocycles. The third kappa shape index (κ3) is 3.89. The number of aromatic nitrogens is 1. The molecular weight excluding hydrogens is 210 g/mol. The van der Waals surface area contributed by atoms with Crippen molar-refractivity contribution in [2.24, 2.45) is 11.5 Å². The van der Waals surface area contributed by atoms with Gasteiger partial charge in [0.1, 0.15) is 0 Å². The largest absolute Gasteiger partial charge is 0.368 e. The average Bonchev–Trinajstić information content (AvgIpc) is 2.12.